The molecule has 0 saturated carbocycles. The van der Waals surface area contributed by atoms with E-state index in [1.165, 1.54) is 0 Å². The van der Waals surface area contributed by atoms with E-state index in [0.717, 1.165) is 0 Å². The van der Waals surface area contributed by atoms with Crippen LogP contribution in [0.25, 0.3) is 0 Å². The Labute approximate surface area is 109 Å². The van der Waals surface area contributed by atoms with Gasteiger partial charge in [0.1, 0.15) is 16.1 Å². The summed E-state index contributed by atoms with van der Waals surface area (Å²) in [6.07, 6.45) is 0. The van der Waals surface area contributed by atoms with Crippen LogP contribution in [0.1, 0.15) is 0 Å². The molecule has 92 valence electrons. The van der Waals surface area contributed by atoms with Gasteiger partial charge in [0.2, 0.25) is 0 Å². The third-order valence-corrected chi connectivity index (χ3v) is 8.20. The van der Waals surface area contributed by atoms with Gasteiger partial charge >= 0.3 is 0 Å². The van der Waals surface area contributed by atoms with E-state index >= 15 is 0 Å². The monoisotopic (exact) mass is 260 g/mol. The number of hydrogen-bond acceptors (Lipinski definition) is 0. The predicted molar refractivity (Wildman–Crippen MR) is 88.8 cm³/mol. The summed E-state index contributed by atoms with van der Waals surface area (Å²) in [6.45, 7) is 28.0. The van der Waals surface area contributed by atoms with E-state index in [1.807, 2.05) is 39.9 Å². The van der Waals surface area contributed by atoms with E-state index < -0.39 is 16.1 Å². The maximum Gasteiger partial charge on any atom is 0.148 e. The largest absolute Gasteiger partial charge is 0.148 e. The van der Waals surface area contributed by atoms with Crippen LogP contribution >= 0.6 is 0 Å². The van der Waals surface area contributed by atoms with Crippen molar-refractivity contribution in [3.05, 3.63) is 85.9 Å². The second-order valence-corrected chi connectivity index (χ2v) is 11.4. The minimum atomic E-state index is -1.64. The summed E-state index contributed by atoms with van der Waals surface area (Å²) in [7, 11) is -3.02. The first kappa shape index (κ1) is 18.0. The predicted octanol–water partition coefficient (Wildman–Crippen LogP) is 4.58. The first-order chi connectivity index (χ1) is 7.92. The number of hydrogen-bond donors (Lipinski definition) is 0. The lowest BCUT2D eigenvalue weighted by molar-refractivity contribution is 1.96. The van der Waals surface area contributed by atoms with Crippen LogP contribution in [0.15, 0.2) is 85.9 Å². The highest BCUT2D eigenvalue weighted by Crippen LogP contribution is 2.06. The average molecular weight is 261 g/mol. The van der Waals surface area contributed by atoms with Gasteiger partial charge in [0.25, 0.3) is 0 Å². The highest BCUT2D eigenvalue weighted by Gasteiger charge is 2.14. The van der Waals surface area contributed by atoms with Gasteiger partial charge in [-0.25, -0.2) is 0 Å². The summed E-state index contributed by atoms with van der Waals surface area (Å²) >= 11 is 0. The fourth-order valence-corrected chi connectivity index (χ4v) is 2.25. The average Bonchev–Trinajstić information content (AvgIpc) is 2.42. The maximum absolute atomic E-state index is 3.69. The van der Waals surface area contributed by atoms with Gasteiger partial charge in [-0.2, -0.15) is 0 Å². The second kappa shape index (κ2) is 8.73. The van der Waals surface area contributed by atoms with Crippen molar-refractivity contribution in [3.63, 3.8) is 0 Å². The molecule has 0 atom stereocenters. The second-order valence-electron chi connectivity index (χ2n) is 3.79. The zero-order chi connectivity index (χ0) is 13.9. The molecule has 0 aliphatic carbocycles. The molecule has 0 N–H and O–H groups in total. The molecule has 0 unspecified atom stereocenters. The lowest BCUT2D eigenvalue weighted by atomic mass is 11.2. The van der Waals surface area contributed by atoms with Gasteiger partial charge in [-0.3, -0.25) is 0 Å². The summed E-state index contributed by atoms with van der Waals surface area (Å²) in [6, 6.07) is 0. The fourth-order valence-electron chi connectivity index (χ4n) is 0.750. The van der Waals surface area contributed by atoms with Crippen molar-refractivity contribution < 1.29 is 0 Å². The molecular weight excluding hydrogens is 236 g/mol. The zero-order valence-corrected chi connectivity index (χ0v) is 13.0. The summed E-state index contributed by atoms with van der Waals surface area (Å²) in [5.74, 6) is 0. The Morgan fingerprint density at radius 2 is 0.765 bits per heavy atom. The van der Waals surface area contributed by atoms with E-state index in [0.29, 0.717) is 0 Å². The lowest BCUT2D eigenvalue weighted by Gasteiger charge is -2.11. The molecule has 0 aliphatic rings. The van der Waals surface area contributed by atoms with E-state index in [4.69, 9.17) is 0 Å². The van der Waals surface area contributed by atoms with Gasteiger partial charge < -0.3 is 0 Å². The van der Waals surface area contributed by atoms with E-state index in [1.54, 1.807) is 0 Å². The maximum atomic E-state index is 3.69. The molecule has 0 rings (SSSR count). The van der Waals surface area contributed by atoms with Crippen LogP contribution in [-0.4, -0.2) is 16.1 Å². The molecule has 0 bridgehead atoms. The van der Waals surface area contributed by atoms with Gasteiger partial charge in [0.15, 0.2) is 0 Å². The van der Waals surface area contributed by atoms with Crippen molar-refractivity contribution in [2.45, 2.75) is 6.55 Å². The normalized spacial score (nSPS) is 9.94. The fraction of sp³-hybridized carbons (Fsp3) is 0.0667. The Bertz CT molecular complexity index is 265. The van der Waals surface area contributed by atoms with E-state index in [-0.39, 0.29) is 0 Å². The summed E-state index contributed by atoms with van der Waals surface area (Å²) in [5, 5.41) is 0. The highest BCUT2D eigenvalue weighted by molar-refractivity contribution is 6.97. The van der Waals surface area contributed by atoms with Crippen molar-refractivity contribution in [3.8, 4) is 0 Å². The van der Waals surface area contributed by atoms with Crippen LogP contribution in [0.3, 0.4) is 0 Å². The van der Waals surface area contributed by atoms with Crippen LogP contribution in [0.4, 0.5) is 0 Å². The minimum absolute atomic E-state index is 1.38. The van der Waals surface area contributed by atoms with Gasteiger partial charge in [-0.15, -0.1) is 46.1 Å². The third kappa shape index (κ3) is 6.04. The molecule has 0 radical (unpaired) electrons. The van der Waals surface area contributed by atoms with Gasteiger partial charge in [-0.1, -0.05) is 46.4 Å². The molecule has 17 heavy (non-hydrogen) atoms. The molecule has 2 heteroatoms. The van der Waals surface area contributed by atoms with Gasteiger partial charge in [-0.05, 0) is 0 Å². The first-order valence-corrected chi connectivity index (χ1v) is 10.4. The minimum Gasteiger partial charge on any atom is -0.106 e. The molecule has 0 fully saturated rings. The smallest absolute Gasteiger partial charge is 0.106 e. The highest BCUT2D eigenvalue weighted by atomic mass is 28.3. The van der Waals surface area contributed by atoms with Crippen LogP contribution in [0.5, 0.6) is 0 Å². The Morgan fingerprint density at radius 3 is 0.765 bits per heavy atom. The molecule has 0 aromatic heterocycles. The Balaban J connectivity index is 0. The molecule has 0 aromatic rings. The molecule has 0 heterocycles. The summed E-state index contributed by atoms with van der Waals surface area (Å²) in [5.41, 5.74) is 13.4. The molecule has 0 nitrogen and oxygen atoms in total. The Morgan fingerprint density at radius 1 is 0.529 bits per heavy atom. The van der Waals surface area contributed by atoms with Crippen LogP contribution < -0.4 is 0 Å². The zero-order valence-electron chi connectivity index (χ0n) is 11.0. The summed E-state index contributed by atoms with van der Waals surface area (Å²) in [4.78, 5) is 0. The summed E-state index contributed by atoms with van der Waals surface area (Å²) < 4.78 is 0. The molecule has 0 aliphatic heterocycles. The van der Waals surface area contributed by atoms with Crippen molar-refractivity contribution in [2.24, 2.45) is 0 Å². The Hall–Kier alpha value is -1.39. The van der Waals surface area contributed by atoms with E-state index in [9.17, 15) is 0 Å². The van der Waals surface area contributed by atoms with Crippen molar-refractivity contribution in [1.29, 1.82) is 0 Å². The topological polar surface area (TPSA) is 0 Å². The molecule has 0 saturated heterocycles. The number of rotatable bonds is 7. The molecule has 0 amide bonds. The molecular formula is C15H24Si2. The third-order valence-electron chi connectivity index (χ3n) is 2.73. The Kier molecular flexibility index (Phi) is 9.24. The van der Waals surface area contributed by atoms with Crippen molar-refractivity contribution in [2.75, 3.05) is 0 Å². The van der Waals surface area contributed by atoms with Crippen LogP contribution in [-0.2, 0) is 0 Å². The lowest BCUT2D eigenvalue weighted by Crippen LogP contribution is -2.22. The first-order valence-electron chi connectivity index (χ1n) is 5.38. The van der Waals surface area contributed by atoms with Gasteiger partial charge in [0, 0.05) is 0 Å². The van der Waals surface area contributed by atoms with E-state index in [2.05, 4.69) is 52.6 Å². The van der Waals surface area contributed by atoms with Crippen LogP contribution in [0, 0.1) is 0 Å². The van der Waals surface area contributed by atoms with Gasteiger partial charge in [0.05, 0.1) is 0 Å². The molecule has 0 aromatic carbocycles. The van der Waals surface area contributed by atoms with Crippen molar-refractivity contribution in [1.82, 2.24) is 0 Å². The standard InChI is InChI=1S/C8H12Si.C7H12Si/c1-5-9(6-2,7-3)8-4;1-5-8(4,6-2)7-3/h5-8H,1-4H2;5-7H,1-3H2,4H3. The quantitative estimate of drug-likeness (QED) is 0.588. The van der Waals surface area contributed by atoms with Crippen LogP contribution in [0.2, 0.25) is 6.55 Å². The SMILES string of the molecule is C=C[Si](C)(C=C)C=C.C=C[Si](C=C)(C=C)C=C. The van der Waals surface area contributed by atoms with Crippen molar-refractivity contribution >= 4 is 16.1 Å². The molecule has 0 spiro atoms.